The molecule has 20 heavy (non-hydrogen) atoms. The normalized spacial score (nSPS) is 20.8. The van der Waals surface area contributed by atoms with Gasteiger partial charge in [-0.3, -0.25) is 0 Å². The third-order valence-electron chi connectivity index (χ3n) is 4.18. The smallest absolute Gasteiger partial charge is 0.243 e. The quantitative estimate of drug-likeness (QED) is 0.852. The molecule has 2 rings (SSSR count). The van der Waals surface area contributed by atoms with Crippen molar-refractivity contribution in [2.45, 2.75) is 31.2 Å². The number of hydrogen-bond acceptors (Lipinski definition) is 4. The van der Waals surface area contributed by atoms with E-state index in [1.54, 1.807) is 16.4 Å². The minimum absolute atomic E-state index is 0.286. The summed E-state index contributed by atoms with van der Waals surface area (Å²) in [6, 6.07) is 3.57. The van der Waals surface area contributed by atoms with E-state index in [0.717, 1.165) is 17.5 Å². The van der Waals surface area contributed by atoms with Crippen LogP contribution in [0.4, 0.5) is 5.69 Å². The Morgan fingerprint density at radius 2 is 1.95 bits per heavy atom. The third kappa shape index (κ3) is 2.68. The Morgan fingerprint density at radius 1 is 1.30 bits per heavy atom. The maximum atomic E-state index is 12.7. The van der Waals surface area contributed by atoms with Gasteiger partial charge in [-0.2, -0.15) is 4.31 Å². The molecule has 1 saturated heterocycles. The van der Waals surface area contributed by atoms with Crippen LogP contribution in [-0.2, 0) is 10.0 Å². The van der Waals surface area contributed by atoms with Gasteiger partial charge < -0.3 is 10.6 Å². The maximum Gasteiger partial charge on any atom is 0.243 e. The molecule has 112 valence electrons. The number of likely N-dealkylation sites (N-methyl/N-ethyl adjacent to an activating group) is 1. The Morgan fingerprint density at radius 3 is 2.45 bits per heavy atom. The lowest BCUT2D eigenvalue weighted by molar-refractivity contribution is 0.302. The molecule has 1 aromatic rings. The summed E-state index contributed by atoms with van der Waals surface area (Å²) in [4.78, 5) is 2.38. The number of hydrogen-bond donors (Lipinski definition) is 1. The molecule has 1 aromatic carbocycles. The van der Waals surface area contributed by atoms with Crippen LogP contribution in [0.5, 0.6) is 0 Å². The average Bonchev–Trinajstić information content (AvgIpc) is 2.85. The van der Waals surface area contributed by atoms with Gasteiger partial charge in [-0.15, -0.1) is 0 Å². The van der Waals surface area contributed by atoms with Gasteiger partial charge in [0.25, 0.3) is 0 Å². The van der Waals surface area contributed by atoms with Crippen LogP contribution < -0.4 is 5.73 Å². The van der Waals surface area contributed by atoms with E-state index in [0.29, 0.717) is 23.7 Å². The molecule has 1 fully saturated rings. The zero-order valence-electron chi connectivity index (χ0n) is 12.5. The van der Waals surface area contributed by atoms with E-state index in [4.69, 9.17) is 5.73 Å². The van der Waals surface area contributed by atoms with Crippen molar-refractivity contribution in [1.82, 2.24) is 9.21 Å². The molecule has 1 unspecified atom stereocenters. The molecule has 0 amide bonds. The summed E-state index contributed by atoms with van der Waals surface area (Å²) < 4.78 is 26.9. The number of sulfonamides is 1. The van der Waals surface area contributed by atoms with E-state index in [9.17, 15) is 8.42 Å². The summed E-state index contributed by atoms with van der Waals surface area (Å²) in [5.41, 5.74) is 8.29. The number of aryl methyl sites for hydroxylation is 1. The molecule has 0 aromatic heterocycles. The number of anilines is 1. The van der Waals surface area contributed by atoms with E-state index < -0.39 is 10.0 Å². The van der Waals surface area contributed by atoms with Gasteiger partial charge in [-0.25, -0.2) is 8.42 Å². The number of nitrogens with two attached hydrogens (primary N) is 1. The minimum atomic E-state index is -3.44. The van der Waals surface area contributed by atoms with Crippen molar-refractivity contribution in [3.05, 3.63) is 23.3 Å². The first kappa shape index (κ1) is 15.3. The van der Waals surface area contributed by atoms with Crippen LogP contribution >= 0.6 is 0 Å². The summed E-state index contributed by atoms with van der Waals surface area (Å²) in [6.07, 6.45) is 0.868. The SMILES string of the molecule is Cc1cc(S(=O)(=O)N2CCC(N(C)C)C2)cc(N)c1C. The van der Waals surface area contributed by atoms with Crippen LogP contribution in [0, 0.1) is 13.8 Å². The Balaban J connectivity index is 2.32. The van der Waals surface area contributed by atoms with E-state index in [2.05, 4.69) is 4.90 Å². The lowest BCUT2D eigenvalue weighted by Crippen LogP contribution is -2.34. The highest BCUT2D eigenvalue weighted by Crippen LogP contribution is 2.27. The van der Waals surface area contributed by atoms with E-state index in [1.165, 1.54) is 0 Å². The number of nitrogen functional groups attached to an aromatic ring is 1. The summed E-state index contributed by atoms with van der Waals surface area (Å²) in [7, 11) is 0.522. The summed E-state index contributed by atoms with van der Waals surface area (Å²) in [5.74, 6) is 0. The monoisotopic (exact) mass is 297 g/mol. The van der Waals surface area contributed by atoms with Crippen molar-refractivity contribution >= 4 is 15.7 Å². The fourth-order valence-electron chi connectivity index (χ4n) is 2.50. The topological polar surface area (TPSA) is 66.6 Å². The second-order valence-electron chi connectivity index (χ2n) is 5.72. The zero-order chi connectivity index (χ0) is 15.1. The van der Waals surface area contributed by atoms with Crippen molar-refractivity contribution in [3.63, 3.8) is 0 Å². The Labute approximate surface area is 121 Å². The third-order valence-corrected chi connectivity index (χ3v) is 6.02. The first-order valence-electron chi connectivity index (χ1n) is 6.76. The van der Waals surface area contributed by atoms with Crippen LogP contribution in [0.25, 0.3) is 0 Å². The van der Waals surface area contributed by atoms with E-state index >= 15 is 0 Å². The zero-order valence-corrected chi connectivity index (χ0v) is 13.4. The second-order valence-corrected chi connectivity index (χ2v) is 7.66. The first-order valence-corrected chi connectivity index (χ1v) is 8.21. The van der Waals surface area contributed by atoms with Crippen molar-refractivity contribution in [2.24, 2.45) is 0 Å². The molecule has 6 heteroatoms. The maximum absolute atomic E-state index is 12.7. The Bertz CT molecular complexity index is 588. The van der Waals surface area contributed by atoms with Gasteiger partial charge in [-0.05, 0) is 57.6 Å². The lowest BCUT2D eigenvalue weighted by atomic mass is 10.1. The molecular weight excluding hydrogens is 274 g/mol. The van der Waals surface area contributed by atoms with E-state index in [-0.39, 0.29) is 6.04 Å². The number of benzene rings is 1. The Kier molecular flexibility index (Phi) is 4.09. The molecule has 0 aliphatic carbocycles. The van der Waals surface area contributed by atoms with Crippen LogP contribution in [-0.4, -0.2) is 50.8 Å². The van der Waals surface area contributed by atoms with E-state index in [1.807, 2.05) is 27.9 Å². The van der Waals surface area contributed by atoms with Gasteiger partial charge in [0.05, 0.1) is 4.90 Å². The van der Waals surface area contributed by atoms with Gasteiger partial charge >= 0.3 is 0 Å². The van der Waals surface area contributed by atoms with Crippen LogP contribution in [0.3, 0.4) is 0 Å². The lowest BCUT2D eigenvalue weighted by Gasteiger charge is -2.21. The largest absolute Gasteiger partial charge is 0.398 e. The predicted octanol–water partition coefficient (Wildman–Crippen LogP) is 1.21. The van der Waals surface area contributed by atoms with Gasteiger partial charge in [-0.1, -0.05) is 0 Å². The second kappa shape index (κ2) is 5.35. The molecule has 1 atom stereocenters. The molecule has 0 spiro atoms. The Hall–Kier alpha value is -1.11. The van der Waals surface area contributed by atoms with Crippen molar-refractivity contribution in [3.8, 4) is 0 Å². The average molecular weight is 297 g/mol. The fourth-order valence-corrected chi connectivity index (χ4v) is 4.11. The summed E-state index contributed by atoms with van der Waals surface area (Å²) in [5, 5.41) is 0. The summed E-state index contributed by atoms with van der Waals surface area (Å²) >= 11 is 0. The first-order chi connectivity index (χ1) is 9.23. The molecule has 0 saturated carbocycles. The van der Waals surface area contributed by atoms with Crippen molar-refractivity contribution in [1.29, 1.82) is 0 Å². The molecule has 1 heterocycles. The van der Waals surface area contributed by atoms with Gasteiger partial charge in [0.15, 0.2) is 0 Å². The minimum Gasteiger partial charge on any atom is -0.398 e. The highest BCUT2D eigenvalue weighted by Gasteiger charge is 2.33. The molecule has 1 aliphatic heterocycles. The number of rotatable bonds is 3. The molecule has 0 radical (unpaired) electrons. The van der Waals surface area contributed by atoms with Crippen LogP contribution in [0.1, 0.15) is 17.5 Å². The summed E-state index contributed by atoms with van der Waals surface area (Å²) in [6.45, 7) is 4.90. The molecule has 5 nitrogen and oxygen atoms in total. The molecule has 2 N–H and O–H groups in total. The number of nitrogens with zero attached hydrogens (tertiary/aromatic N) is 2. The van der Waals surface area contributed by atoms with Crippen molar-refractivity contribution < 1.29 is 8.42 Å². The van der Waals surface area contributed by atoms with Gasteiger partial charge in [0.2, 0.25) is 10.0 Å². The van der Waals surface area contributed by atoms with Crippen LogP contribution in [0.2, 0.25) is 0 Å². The standard InChI is InChI=1S/C14H23N3O2S/c1-10-7-13(8-14(15)11(10)2)20(18,19)17-6-5-12(9-17)16(3)4/h7-8,12H,5-6,9,15H2,1-4H3. The molecule has 0 bridgehead atoms. The highest BCUT2D eigenvalue weighted by molar-refractivity contribution is 7.89. The van der Waals surface area contributed by atoms with Gasteiger partial charge in [0.1, 0.15) is 0 Å². The van der Waals surface area contributed by atoms with Crippen LogP contribution in [0.15, 0.2) is 17.0 Å². The highest BCUT2D eigenvalue weighted by atomic mass is 32.2. The fraction of sp³-hybridized carbons (Fsp3) is 0.571. The molecular formula is C14H23N3O2S. The predicted molar refractivity (Wildman–Crippen MR) is 81.2 cm³/mol. The van der Waals surface area contributed by atoms with Gasteiger partial charge in [0, 0.05) is 24.8 Å². The van der Waals surface area contributed by atoms with Crippen molar-refractivity contribution in [2.75, 3.05) is 32.9 Å². The molecule has 1 aliphatic rings.